The van der Waals surface area contributed by atoms with Crippen LogP contribution in [0.3, 0.4) is 0 Å². The van der Waals surface area contributed by atoms with Gasteiger partial charge < -0.3 is 9.73 Å². The molecule has 0 spiro atoms. The fourth-order valence-electron chi connectivity index (χ4n) is 1.29. The van der Waals surface area contributed by atoms with Crippen LogP contribution < -0.4 is 11.1 Å². The van der Waals surface area contributed by atoms with Gasteiger partial charge in [0.05, 0.1) is 6.04 Å². The summed E-state index contributed by atoms with van der Waals surface area (Å²) in [5, 5.41) is 9.14. The zero-order valence-corrected chi connectivity index (χ0v) is 7.19. The van der Waals surface area contributed by atoms with E-state index in [1.165, 1.54) is 0 Å². The third-order valence-electron chi connectivity index (χ3n) is 1.81. The molecule has 1 atom stereocenters. The number of aromatic amines is 1. The van der Waals surface area contributed by atoms with Crippen LogP contribution in [0.4, 0.5) is 0 Å². The van der Waals surface area contributed by atoms with Crippen molar-refractivity contribution in [1.29, 1.82) is 0 Å². The van der Waals surface area contributed by atoms with E-state index in [4.69, 9.17) is 4.42 Å². The van der Waals surface area contributed by atoms with Crippen LogP contribution in [0.15, 0.2) is 9.21 Å². The molecule has 2 rings (SSSR count). The summed E-state index contributed by atoms with van der Waals surface area (Å²) in [7, 11) is 0. The molecule has 2 heterocycles. The van der Waals surface area contributed by atoms with Gasteiger partial charge in [-0.3, -0.25) is 0 Å². The Labute approximate surface area is 75.0 Å². The van der Waals surface area contributed by atoms with Gasteiger partial charge in [0.1, 0.15) is 0 Å². The summed E-state index contributed by atoms with van der Waals surface area (Å²) in [5.41, 5.74) is 0. The second kappa shape index (κ2) is 3.73. The fraction of sp³-hybridized carbons (Fsp3) is 0.667. The minimum absolute atomic E-state index is 0. The van der Waals surface area contributed by atoms with Gasteiger partial charge in [0, 0.05) is 0 Å². The monoisotopic (exact) mass is 191 g/mol. The van der Waals surface area contributed by atoms with Crippen molar-refractivity contribution < 1.29 is 4.42 Å². The lowest BCUT2D eigenvalue weighted by Gasteiger charge is -2.00. The normalized spacial score (nSPS) is 22.2. The quantitative estimate of drug-likeness (QED) is 0.666. The molecule has 6 heteroatoms. The van der Waals surface area contributed by atoms with Crippen molar-refractivity contribution in [1.82, 2.24) is 15.5 Å². The van der Waals surface area contributed by atoms with Gasteiger partial charge in [-0.05, 0) is 19.4 Å². The molecular formula is C6H10ClN3O2. The van der Waals surface area contributed by atoms with Crippen molar-refractivity contribution in [3.63, 3.8) is 0 Å². The van der Waals surface area contributed by atoms with Crippen LogP contribution in [0.5, 0.6) is 0 Å². The molecule has 0 radical (unpaired) electrons. The molecule has 5 nitrogen and oxygen atoms in total. The van der Waals surface area contributed by atoms with Crippen molar-refractivity contribution in [3.8, 4) is 0 Å². The number of hydrogen-bond donors (Lipinski definition) is 2. The van der Waals surface area contributed by atoms with E-state index in [-0.39, 0.29) is 18.4 Å². The molecule has 1 aliphatic heterocycles. The lowest BCUT2D eigenvalue weighted by molar-refractivity contribution is 0.409. The zero-order chi connectivity index (χ0) is 7.68. The highest BCUT2D eigenvalue weighted by Gasteiger charge is 2.20. The Bertz CT molecular complexity index is 289. The molecule has 0 bridgehead atoms. The first-order valence-electron chi connectivity index (χ1n) is 3.65. The van der Waals surface area contributed by atoms with Crippen LogP contribution in [-0.2, 0) is 0 Å². The average molecular weight is 192 g/mol. The molecule has 0 aliphatic carbocycles. The molecule has 68 valence electrons. The smallest absolute Gasteiger partial charge is 0.391 e. The molecule has 1 aromatic heterocycles. The highest BCUT2D eigenvalue weighted by Crippen LogP contribution is 2.19. The maximum absolute atomic E-state index is 10.5. The van der Waals surface area contributed by atoms with Gasteiger partial charge >= 0.3 is 5.76 Å². The lowest BCUT2D eigenvalue weighted by Crippen LogP contribution is -2.13. The van der Waals surface area contributed by atoms with Gasteiger partial charge in [-0.15, -0.1) is 17.5 Å². The maximum Gasteiger partial charge on any atom is 0.434 e. The Hall–Kier alpha value is -0.810. The summed E-state index contributed by atoms with van der Waals surface area (Å²) in [4.78, 5) is 10.5. The van der Waals surface area contributed by atoms with E-state index in [2.05, 4.69) is 15.5 Å². The van der Waals surface area contributed by atoms with Gasteiger partial charge in [-0.25, -0.2) is 9.89 Å². The van der Waals surface area contributed by atoms with Crippen LogP contribution in [0.25, 0.3) is 0 Å². The second-order valence-corrected chi connectivity index (χ2v) is 2.60. The van der Waals surface area contributed by atoms with E-state index in [0.29, 0.717) is 5.89 Å². The van der Waals surface area contributed by atoms with Gasteiger partial charge in [-0.1, -0.05) is 0 Å². The van der Waals surface area contributed by atoms with Gasteiger partial charge in [-0.2, -0.15) is 0 Å². The SMILES string of the molecule is Cl.O=c1[nH]nc([C@@H]2CCCN2)o1. The minimum atomic E-state index is -0.478. The Morgan fingerprint density at radius 1 is 1.58 bits per heavy atom. The highest BCUT2D eigenvalue weighted by molar-refractivity contribution is 5.85. The van der Waals surface area contributed by atoms with E-state index in [0.717, 1.165) is 19.4 Å². The van der Waals surface area contributed by atoms with E-state index < -0.39 is 5.76 Å². The van der Waals surface area contributed by atoms with Crippen LogP contribution in [-0.4, -0.2) is 16.7 Å². The van der Waals surface area contributed by atoms with Crippen LogP contribution in [0.1, 0.15) is 24.8 Å². The van der Waals surface area contributed by atoms with Crippen molar-refractivity contribution in [3.05, 3.63) is 16.4 Å². The summed E-state index contributed by atoms with van der Waals surface area (Å²) in [6.07, 6.45) is 2.11. The third kappa shape index (κ3) is 1.67. The predicted molar refractivity (Wildman–Crippen MR) is 44.3 cm³/mol. The summed E-state index contributed by atoms with van der Waals surface area (Å²) in [5.74, 6) is 0.00111. The lowest BCUT2D eigenvalue weighted by atomic mass is 10.2. The van der Waals surface area contributed by atoms with Crippen molar-refractivity contribution >= 4 is 12.4 Å². The standard InChI is InChI=1S/C6H9N3O2.ClH/c10-6-9-8-5(11-6)4-2-1-3-7-4;/h4,7H,1-3H2,(H,9,10);1H/t4-;/m0./s1. The zero-order valence-electron chi connectivity index (χ0n) is 6.37. The van der Waals surface area contributed by atoms with Crippen molar-refractivity contribution in [2.24, 2.45) is 0 Å². The fourth-order valence-corrected chi connectivity index (χ4v) is 1.29. The summed E-state index contributed by atoms with van der Waals surface area (Å²) in [6.45, 7) is 0.973. The topological polar surface area (TPSA) is 70.9 Å². The van der Waals surface area contributed by atoms with Gasteiger partial charge in [0.2, 0.25) is 5.89 Å². The Morgan fingerprint density at radius 3 is 2.92 bits per heavy atom. The largest absolute Gasteiger partial charge is 0.434 e. The summed E-state index contributed by atoms with van der Waals surface area (Å²) >= 11 is 0. The van der Waals surface area contributed by atoms with Gasteiger partial charge in [0.25, 0.3) is 0 Å². The Morgan fingerprint density at radius 2 is 2.42 bits per heavy atom. The summed E-state index contributed by atoms with van der Waals surface area (Å²) in [6, 6.07) is 0.133. The molecule has 0 amide bonds. The van der Waals surface area contributed by atoms with E-state index in [1.54, 1.807) is 0 Å². The Kier molecular flexibility index (Phi) is 2.88. The maximum atomic E-state index is 10.5. The highest BCUT2D eigenvalue weighted by atomic mass is 35.5. The number of aromatic nitrogens is 2. The van der Waals surface area contributed by atoms with Crippen LogP contribution in [0.2, 0.25) is 0 Å². The molecule has 12 heavy (non-hydrogen) atoms. The van der Waals surface area contributed by atoms with Crippen LogP contribution in [0, 0.1) is 0 Å². The predicted octanol–water partition coefficient (Wildman–Crippen LogP) is 0.209. The molecule has 0 saturated carbocycles. The number of hydrogen-bond acceptors (Lipinski definition) is 4. The molecular weight excluding hydrogens is 182 g/mol. The molecule has 1 saturated heterocycles. The number of rotatable bonds is 1. The van der Waals surface area contributed by atoms with Crippen molar-refractivity contribution in [2.45, 2.75) is 18.9 Å². The molecule has 0 unspecified atom stereocenters. The van der Waals surface area contributed by atoms with Gasteiger partial charge in [0.15, 0.2) is 0 Å². The number of nitrogens with zero attached hydrogens (tertiary/aromatic N) is 1. The molecule has 0 aromatic carbocycles. The Balaban J connectivity index is 0.000000720. The van der Waals surface area contributed by atoms with E-state index >= 15 is 0 Å². The summed E-state index contributed by atoms with van der Waals surface area (Å²) < 4.78 is 4.78. The first-order chi connectivity index (χ1) is 5.36. The average Bonchev–Trinajstić information content (AvgIpc) is 2.55. The van der Waals surface area contributed by atoms with E-state index in [1.807, 2.05) is 0 Å². The number of halogens is 1. The first kappa shape index (κ1) is 9.28. The minimum Gasteiger partial charge on any atom is -0.391 e. The molecule has 1 aliphatic rings. The van der Waals surface area contributed by atoms with E-state index in [9.17, 15) is 4.79 Å². The van der Waals surface area contributed by atoms with Crippen molar-refractivity contribution in [2.75, 3.05) is 6.54 Å². The molecule has 1 aromatic rings. The van der Waals surface area contributed by atoms with Crippen LogP contribution >= 0.6 is 12.4 Å². The number of nitrogens with one attached hydrogen (secondary N) is 2. The second-order valence-electron chi connectivity index (χ2n) is 2.60. The molecule has 1 fully saturated rings. The first-order valence-corrected chi connectivity index (χ1v) is 3.65. The number of H-pyrrole nitrogens is 1. The third-order valence-corrected chi connectivity index (χ3v) is 1.81. The molecule has 2 N–H and O–H groups in total.